The number of nitrogens with zero attached hydrogens (tertiary/aromatic N) is 4. The van der Waals surface area contributed by atoms with Crippen molar-refractivity contribution in [3.63, 3.8) is 0 Å². The third kappa shape index (κ3) is 6.51. The third-order valence-electron chi connectivity index (χ3n) is 9.98. The fraction of sp³-hybridized carbons (Fsp3) is 0.214. The molecule has 4 aromatic heterocycles. The molecule has 0 spiro atoms. The summed E-state index contributed by atoms with van der Waals surface area (Å²) in [6.07, 6.45) is 9.97. The minimum atomic E-state index is -0.494. The fourth-order valence-corrected chi connectivity index (χ4v) is 7.10. The van der Waals surface area contributed by atoms with Gasteiger partial charge in [0.05, 0.1) is 0 Å². The second-order valence-corrected chi connectivity index (χ2v) is 13.5. The molecule has 0 radical (unpaired) electrons. The zero-order valence-electron chi connectivity index (χ0n) is 28.7. The van der Waals surface area contributed by atoms with Crippen molar-refractivity contribution in [2.45, 2.75) is 50.5 Å². The summed E-state index contributed by atoms with van der Waals surface area (Å²) >= 11 is 0. The van der Waals surface area contributed by atoms with Gasteiger partial charge in [0.25, 0.3) is 5.91 Å². The monoisotopic (exact) mass is 702 g/mol. The molecule has 2 aromatic carbocycles. The summed E-state index contributed by atoms with van der Waals surface area (Å²) in [4.78, 5) is 43.7. The molecule has 1 saturated carbocycles. The molecule has 0 bridgehead atoms. The molecule has 1 atom stereocenters. The van der Waals surface area contributed by atoms with Crippen LogP contribution in [0.4, 0.5) is 0 Å². The van der Waals surface area contributed by atoms with Gasteiger partial charge in [-0.1, -0.05) is 30.6 Å². The molecule has 1 aliphatic carbocycles. The lowest BCUT2D eigenvalue weighted by molar-refractivity contribution is -0.126. The molecule has 2 aliphatic heterocycles. The lowest BCUT2D eigenvalue weighted by Crippen LogP contribution is -2.49. The fourth-order valence-electron chi connectivity index (χ4n) is 7.10. The number of rotatable bonds is 8. The second-order valence-electron chi connectivity index (χ2n) is 13.5. The molecule has 2 amide bonds. The number of hydrogen-bond donors (Lipinski definition) is 2. The number of H-pyrrole nitrogens is 1. The van der Waals surface area contributed by atoms with Crippen LogP contribution < -0.4 is 19.5 Å². The Morgan fingerprint density at radius 3 is 2.43 bits per heavy atom. The Hall–Kier alpha value is -6.67. The molecule has 11 heteroatoms. The van der Waals surface area contributed by atoms with Gasteiger partial charge in [0.15, 0.2) is 0 Å². The summed E-state index contributed by atoms with van der Waals surface area (Å²) in [5.41, 5.74) is 7.09. The van der Waals surface area contributed by atoms with Gasteiger partial charge in [0, 0.05) is 100 Å². The average Bonchev–Trinajstić information content (AvgIpc) is 3.69. The topological polar surface area (TPSA) is 132 Å². The van der Waals surface area contributed by atoms with E-state index in [9.17, 15) is 9.59 Å². The Morgan fingerprint density at radius 1 is 0.849 bits per heavy atom. The highest BCUT2D eigenvalue weighted by atomic mass is 16.5. The highest BCUT2D eigenvalue weighted by Gasteiger charge is 2.38. The van der Waals surface area contributed by atoms with E-state index in [2.05, 4.69) is 61.9 Å². The Morgan fingerprint density at radius 2 is 1.66 bits per heavy atom. The van der Waals surface area contributed by atoms with E-state index in [-0.39, 0.29) is 30.6 Å². The van der Waals surface area contributed by atoms with Crippen LogP contribution in [0.15, 0.2) is 104 Å². The van der Waals surface area contributed by atoms with E-state index in [0.29, 0.717) is 48.2 Å². The number of hydrogen-bond acceptors (Lipinski definition) is 8. The molecular formula is C42H34N6O5. The molecule has 1 unspecified atom stereocenters. The normalized spacial score (nSPS) is 19.3. The molecule has 2 fully saturated rings. The summed E-state index contributed by atoms with van der Waals surface area (Å²) in [5.74, 6) is 7.50. The number of benzene rings is 2. The van der Waals surface area contributed by atoms with Crippen LogP contribution in [0.5, 0.6) is 17.5 Å². The van der Waals surface area contributed by atoms with E-state index in [1.807, 2.05) is 48.8 Å². The number of nitrogens with one attached hydrogen (secondary N) is 2. The van der Waals surface area contributed by atoms with Gasteiger partial charge in [0.2, 0.25) is 17.7 Å². The molecule has 6 heterocycles. The largest absolute Gasteiger partial charge is 0.481 e. The molecule has 3 aliphatic rings. The van der Waals surface area contributed by atoms with Crippen LogP contribution >= 0.6 is 0 Å². The first-order valence-electron chi connectivity index (χ1n) is 17.6. The Labute approximate surface area is 305 Å². The van der Waals surface area contributed by atoms with Crippen molar-refractivity contribution < 1.29 is 23.8 Å². The lowest BCUT2D eigenvalue weighted by Gasteiger charge is -2.34. The molecule has 1 saturated heterocycles. The minimum absolute atomic E-state index is 0.0184. The summed E-state index contributed by atoms with van der Waals surface area (Å²) < 4.78 is 18.0. The Kier molecular flexibility index (Phi) is 8.20. The first-order valence-corrected chi connectivity index (χ1v) is 17.6. The van der Waals surface area contributed by atoms with Crippen molar-refractivity contribution in [1.29, 1.82) is 0 Å². The number of aromatic amines is 1. The van der Waals surface area contributed by atoms with Gasteiger partial charge in [-0.3, -0.25) is 14.6 Å². The number of carbonyl (C=O) groups excluding carboxylic acids is 2. The molecule has 11 nitrogen and oxygen atoms in total. The van der Waals surface area contributed by atoms with Gasteiger partial charge >= 0.3 is 0 Å². The van der Waals surface area contributed by atoms with Crippen LogP contribution in [0, 0.1) is 11.8 Å². The predicted molar refractivity (Wildman–Crippen MR) is 198 cm³/mol. The number of aromatic nitrogens is 4. The number of fused-ring (bicyclic) bond motifs is 4. The maximum absolute atomic E-state index is 13.0. The van der Waals surface area contributed by atoms with E-state index in [4.69, 9.17) is 14.2 Å². The van der Waals surface area contributed by atoms with Crippen LogP contribution in [0.1, 0.15) is 47.2 Å². The predicted octanol–water partition coefficient (Wildman–Crippen LogP) is 6.34. The zero-order chi connectivity index (χ0) is 35.9. The van der Waals surface area contributed by atoms with Gasteiger partial charge in [0.1, 0.15) is 30.6 Å². The van der Waals surface area contributed by atoms with Gasteiger partial charge in [-0.15, -0.1) is 0 Å². The standard InChI is InChI=1S/C42H34N6O5/c1-25-4-11-38(41(49)46-25)48-24-29-17-30(8-10-33(29)42(48)50)51-16-2-3-26-5-12-39(44-21-26)52-31-19-32(20-31)53-40-13-7-28(22-45-40)27-6-9-34-35-23-43-15-14-36(35)47-37(34)18-27/h5-10,12-15,17-18,21-23,31-32,38,47H,1,4,11,16,19-20,24H2,(H,46,49). The Balaban J connectivity index is 0.724. The number of amides is 2. The maximum Gasteiger partial charge on any atom is 0.255 e. The summed E-state index contributed by atoms with van der Waals surface area (Å²) in [6.45, 7) is 4.35. The van der Waals surface area contributed by atoms with Crippen molar-refractivity contribution in [3.05, 3.63) is 120 Å². The first-order chi connectivity index (χ1) is 25.9. The number of ether oxygens (including phenoxy) is 3. The van der Waals surface area contributed by atoms with Gasteiger partial charge < -0.3 is 29.4 Å². The highest BCUT2D eigenvalue weighted by Crippen LogP contribution is 2.33. The quantitative estimate of drug-likeness (QED) is 0.176. The zero-order valence-corrected chi connectivity index (χ0v) is 28.7. The summed E-state index contributed by atoms with van der Waals surface area (Å²) in [7, 11) is 0. The SMILES string of the molecule is C=C1CCC(N2Cc3cc(OCC#Cc4ccc(OC5CC(Oc6ccc(-c7ccc8c(c7)[nH]c7ccncc78)cn6)C5)nc4)ccc3C2=O)C(=O)N1. The highest BCUT2D eigenvalue weighted by molar-refractivity contribution is 6.07. The molecule has 262 valence electrons. The van der Waals surface area contributed by atoms with Gasteiger partial charge in [-0.2, -0.15) is 0 Å². The average molecular weight is 703 g/mol. The maximum atomic E-state index is 13.0. The number of piperidine rings is 1. The van der Waals surface area contributed by atoms with Crippen molar-refractivity contribution in [2.24, 2.45) is 0 Å². The van der Waals surface area contributed by atoms with Crippen LogP contribution in [0.2, 0.25) is 0 Å². The van der Waals surface area contributed by atoms with Gasteiger partial charge in [-0.25, -0.2) is 9.97 Å². The summed E-state index contributed by atoms with van der Waals surface area (Å²) in [5, 5.41) is 5.02. The smallest absolute Gasteiger partial charge is 0.255 e. The van der Waals surface area contributed by atoms with Crippen LogP contribution in [-0.2, 0) is 11.3 Å². The lowest BCUT2D eigenvalue weighted by atomic mass is 9.92. The van der Waals surface area contributed by atoms with Crippen molar-refractivity contribution in [2.75, 3.05) is 6.61 Å². The number of allylic oxidation sites excluding steroid dienone is 1. The van der Waals surface area contributed by atoms with Crippen LogP contribution in [0.25, 0.3) is 32.9 Å². The molecule has 6 aromatic rings. The summed E-state index contributed by atoms with van der Waals surface area (Å²) in [6, 6.07) is 20.8. The van der Waals surface area contributed by atoms with E-state index < -0.39 is 6.04 Å². The second kappa shape index (κ2) is 13.5. The molecule has 53 heavy (non-hydrogen) atoms. The van der Waals surface area contributed by atoms with Gasteiger partial charge in [-0.05, 0) is 66.4 Å². The Bertz CT molecular complexity index is 2460. The van der Waals surface area contributed by atoms with Crippen molar-refractivity contribution >= 4 is 33.6 Å². The van der Waals surface area contributed by atoms with Crippen LogP contribution in [0.3, 0.4) is 0 Å². The third-order valence-corrected chi connectivity index (χ3v) is 9.98. The van der Waals surface area contributed by atoms with E-state index in [1.54, 1.807) is 29.4 Å². The van der Waals surface area contributed by atoms with Crippen LogP contribution in [-0.4, -0.2) is 61.5 Å². The molecule has 9 rings (SSSR count). The van der Waals surface area contributed by atoms with Crippen molar-refractivity contribution in [1.82, 2.24) is 30.2 Å². The molecule has 2 N–H and O–H groups in total. The number of carbonyl (C=O) groups is 2. The molecular weight excluding hydrogens is 668 g/mol. The van der Waals surface area contributed by atoms with E-state index >= 15 is 0 Å². The number of pyridine rings is 3. The minimum Gasteiger partial charge on any atom is -0.481 e. The van der Waals surface area contributed by atoms with E-state index in [1.165, 1.54) is 0 Å². The first kappa shape index (κ1) is 32.3. The van der Waals surface area contributed by atoms with E-state index in [0.717, 1.165) is 56.9 Å². The van der Waals surface area contributed by atoms with Crippen molar-refractivity contribution in [3.8, 4) is 40.5 Å².